The monoisotopic (exact) mass is 332 g/mol. The topological polar surface area (TPSA) is 48.0 Å². The summed E-state index contributed by atoms with van der Waals surface area (Å²) in [4.78, 5) is 16.5. The number of Topliss-reactive ketones (excluding diaryl/α,β-unsaturated/α-hetero) is 1. The number of carbonyl (C=O) groups is 1. The van der Waals surface area contributed by atoms with Crippen LogP contribution in [0.4, 0.5) is 0 Å². The van der Waals surface area contributed by atoms with Crippen LogP contribution in [0.3, 0.4) is 0 Å². The van der Waals surface area contributed by atoms with E-state index in [4.69, 9.17) is 4.42 Å². The van der Waals surface area contributed by atoms with E-state index in [0.29, 0.717) is 11.3 Å². The number of rotatable bonds is 4. The second kappa shape index (κ2) is 5.25. The Morgan fingerprint density at radius 3 is 3.05 bits per heavy atom. The summed E-state index contributed by atoms with van der Waals surface area (Å²) in [6.07, 6.45) is 3.83. The first kappa shape index (κ1) is 13.1. The molecule has 0 amide bonds. The van der Waals surface area contributed by atoms with Gasteiger partial charge in [-0.25, -0.2) is 4.98 Å². The van der Waals surface area contributed by atoms with Gasteiger partial charge in [-0.05, 0) is 35.0 Å². The lowest BCUT2D eigenvalue weighted by Crippen LogP contribution is -2.08. The maximum absolute atomic E-state index is 12.3. The Morgan fingerprint density at radius 2 is 2.30 bits per heavy atom. The minimum absolute atomic E-state index is 0.0611. The van der Waals surface area contributed by atoms with E-state index in [1.165, 1.54) is 0 Å². The average Bonchev–Trinajstić information content (AvgIpc) is 3.05. The van der Waals surface area contributed by atoms with Crippen molar-refractivity contribution in [1.29, 1.82) is 0 Å². The van der Waals surface area contributed by atoms with E-state index in [9.17, 15) is 4.79 Å². The van der Waals surface area contributed by atoms with Crippen LogP contribution in [-0.4, -0.2) is 15.3 Å². The Hall–Kier alpha value is -1.88. The van der Waals surface area contributed by atoms with Crippen molar-refractivity contribution in [2.24, 2.45) is 0 Å². The fourth-order valence-electron chi connectivity index (χ4n) is 2.19. The molecular formula is C15H13BrN2O2. The smallest absolute Gasteiger partial charge is 0.205 e. The van der Waals surface area contributed by atoms with Crippen molar-refractivity contribution in [3.05, 3.63) is 52.7 Å². The molecule has 0 bridgehead atoms. The van der Waals surface area contributed by atoms with Crippen molar-refractivity contribution in [2.45, 2.75) is 19.9 Å². The van der Waals surface area contributed by atoms with Crippen LogP contribution in [-0.2, 0) is 13.0 Å². The summed E-state index contributed by atoms with van der Waals surface area (Å²) >= 11 is 3.42. The molecule has 4 nitrogen and oxygen atoms in total. The van der Waals surface area contributed by atoms with Gasteiger partial charge in [0.15, 0.2) is 5.76 Å². The molecule has 0 fully saturated rings. The van der Waals surface area contributed by atoms with Gasteiger partial charge in [-0.2, -0.15) is 0 Å². The number of nitrogens with zero attached hydrogens (tertiary/aromatic N) is 2. The average molecular weight is 333 g/mol. The van der Waals surface area contributed by atoms with E-state index in [1.54, 1.807) is 12.3 Å². The number of halogens is 1. The van der Waals surface area contributed by atoms with Gasteiger partial charge in [0.2, 0.25) is 5.78 Å². The number of aromatic nitrogens is 2. The predicted molar refractivity (Wildman–Crippen MR) is 79.8 cm³/mol. The molecule has 0 aliphatic rings. The van der Waals surface area contributed by atoms with Gasteiger partial charge in [0.1, 0.15) is 11.4 Å². The van der Waals surface area contributed by atoms with Crippen LogP contribution in [0, 0.1) is 0 Å². The van der Waals surface area contributed by atoms with E-state index in [1.807, 2.05) is 35.9 Å². The van der Waals surface area contributed by atoms with Gasteiger partial charge >= 0.3 is 0 Å². The molecule has 0 spiro atoms. The summed E-state index contributed by atoms with van der Waals surface area (Å²) in [7, 11) is 0. The number of aryl methyl sites for hydroxylation is 1. The maximum Gasteiger partial charge on any atom is 0.205 e. The zero-order valence-corrected chi connectivity index (χ0v) is 12.6. The summed E-state index contributed by atoms with van der Waals surface area (Å²) in [6, 6.07) is 7.51. The van der Waals surface area contributed by atoms with E-state index in [0.717, 1.165) is 22.2 Å². The highest BCUT2D eigenvalue weighted by Crippen LogP contribution is 2.27. The van der Waals surface area contributed by atoms with Crippen molar-refractivity contribution in [3.63, 3.8) is 0 Å². The Labute approximate surface area is 124 Å². The predicted octanol–water partition coefficient (Wildman–Crippen LogP) is 3.84. The molecule has 5 heteroatoms. The summed E-state index contributed by atoms with van der Waals surface area (Å²) in [5.74, 6) is 1.07. The van der Waals surface area contributed by atoms with Crippen molar-refractivity contribution in [1.82, 2.24) is 9.55 Å². The van der Waals surface area contributed by atoms with Crippen molar-refractivity contribution in [3.8, 4) is 0 Å². The van der Waals surface area contributed by atoms with Gasteiger partial charge in [0, 0.05) is 24.3 Å². The molecule has 2 aromatic heterocycles. The fraction of sp³-hybridized carbons (Fsp3) is 0.200. The first-order valence-corrected chi connectivity index (χ1v) is 7.19. The number of fused-ring (bicyclic) bond motifs is 1. The van der Waals surface area contributed by atoms with Crippen LogP contribution in [0.5, 0.6) is 0 Å². The van der Waals surface area contributed by atoms with Gasteiger partial charge < -0.3 is 8.98 Å². The largest absolute Gasteiger partial charge is 0.452 e. The number of ketones is 1. The Kier molecular flexibility index (Phi) is 3.44. The summed E-state index contributed by atoms with van der Waals surface area (Å²) in [6.45, 7) is 2.82. The molecule has 102 valence electrons. The van der Waals surface area contributed by atoms with Gasteiger partial charge in [0.05, 0.1) is 10.9 Å². The minimum atomic E-state index is -0.0611. The molecule has 0 unspecified atom stereocenters. The molecule has 0 aliphatic carbocycles. The molecule has 0 radical (unpaired) electrons. The SMILES string of the molecule is CCn1ccnc1CC(=O)c1cc2cccc(Br)c2o1. The third-order valence-electron chi connectivity index (χ3n) is 3.23. The molecular weight excluding hydrogens is 320 g/mol. The number of hydrogen-bond acceptors (Lipinski definition) is 3. The number of furan rings is 1. The zero-order valence-electron chi connectivity index (χ0n) is 11.0. The lowest BCUT2D eigenvalue weighted by Gasteiger charge is -2.02. The lowest BCUT2D eigenvalue weighted by atomic mass is 10.2. The normalized spacial score (nSPS) is 11.1. The standard InChI is InChI=1S/C15H13BrN2O2/c1-2-18-7-6-17-14(18)9-12(19)13-8-10-4-3-5-11(16)15(10)20-13/h3-8H,2,9H2,1H3. The highest BCUT2D eigenvalue weighted by molar-refractivity contribution is 9.10. The van der Waals surface area contributed by atoms with Crippen LogP contribution in [0.2, 0.25) is 0 Å². The molecule has 1 aromatic carbocycles. The molecule has 0 atom stereocenters. The van der Waals surface area contributed by atoms with Gasteiger partial charge in [-0.3, -0.25) is 4.79 Å². The second-order valence-electron chi connectivity index (χ2n) is 4.50. The highest BCUT2D eigenvalue weighted by Gasteiger charge is 2.16. The number of hydrogen-bond donors (Lipinski definition) is 0. The Morgan fingerprint density at radius 1 is 1.45 bits per heavy atom. The van der Waals surface area contributed by atoms with Crippen LogP contribution < -0.4 is 0 Å². The molecule has 0 aliphatic heterocycles. The zero-order chi connectivity index (χ0) is 14.1. The third-order valence-corrected chi connectivity index (χ3v) is 3.86. The number of benzene rings is 1. The van der Waals surface area contributed by atoms with Crippen molar-refractivity contribution >= 4 is 32.7 Å². The number of imidazole rings is 1. The van der Waals surface area contributed by atoms with Gasteiger partial charge in [0.25, 0.3) is 0 Å². The third kappa shape index (κ3) is 2.29. The van der Waals surface area contributed by atoms with Gasteiger partial charge in [-0.15, -0.1) is 0 Å². The maximum atomic E-state index is 12.3. The Balaban J connectivity index is 1.91. The molecule has 0 saturated heterocycles. The highest BCUT2D eigenvalue weighted by atomic mass is 79.9. The molecule has 3 rings (SSSR count). The fourth-order valence-corrected chi connectivity index (χ4v) is 2.65. The van der Waals surface area contributed by atoms with Gasteiger partial charge in [-0.1, -0.05) is 12.1 Å². The van der Waals surface area contributed by atoms with Crippen LogP contribution in [0.15, 0.2) is 45.5 Å². The summed E-state index contributed by atoms with van der Waals surface area (Å²) < 4.78 is 8.46. The molecule has 2 heterocycles. The summed E-state index contributed by atoms with van der Waals surface area (Å²) in [5, 5.41) is 0.918. The quantitative estimate of drug-likeness (QED) is 0.682. The van der Waals surface area contributed by atoms with E-state index >= 15 is 0 Å². The van der Waals surface area contributed by atoms with Crippen LogP contribution >= 0.6 is 15.9 Å². The Bertz CT molecular complexity index is 773. The van der Waals surface area contributed by atoms with E-state index in [2.05, 4.69) is 20.9 Å². The molecule has 3 aromatic rings. The molecule has 0 N–H and O–H groups in total. The van der Waals surface area contributed by atoms with E-state index < -0.39 is 0 Å². The molecule has 0 saturated carbocycles. The first-order valence-electron chi connectivity index (χ1n) is 6.40. The molecule has 20 heavy (non-hydrogen) atoms. The van der Waals surface area contributed by atoms with Crippen molar-refractivity contribution < 1.29 is 9.21 Å². The van der Waals surface area contributed by atoms with E-state index in [-0.39, 0.29) is 12.2 Å². The minimum Gasteiger partial charge on any atom is -0.452 e. The summed E-state index contributed by atoms with van der Waals surface area (Å²) in [5.41, 5.74) is 0.703. The number of carbonyl (C=O) groups excluding carboxylic acids is 1. The van der Waals surface area contributed by atoms with Crippen LogP contribution in [0.1, 0.15) is 23.3 Å². The number of para-hydroxylation sites is 1. The first-order chi connectivity index (χ1) is 9.69. The van der Waals surface area contributed by atoms with Crippen LogP contribution in [0.25, 0.3) is 11.0 Å². The van der Waals surface area contributed by atoms with Crippen molar-refractivity contribution in [2.75, 3.05) is 0 Å². The lowest BCUT2D eigenvalue weighted by molar-refractivity contribution is 0.0965. The second-order valence-corrected chi connectivity index (χ2v) is 5.35.